The van der Waals surface area contributed by atoms with E-state index in [9.17, 15) is 8.42 Å². The van der Waals surface area contributed by atoms with E-state index in [1.807, 2.05) is 6.07 Å². The predicted molar refractivity (Wildman–Crippen MR) is 111 cm³/mol. The quantitative estimate of drug-likeness (QED) is 0.493. The van der Waals surface area contributed by atoms with Crippen molar-refractivity contribution in [3.05, 3.63) is 65.5 Å². The van der Waals surface area contributed by atoms with Gasteiger partial charge < -0.3 is 10.6 Å². The number of hydrogen-bond acceptors (Lipinski definition) is 6. The maximum absolute atomic E-state index is 12.3. The van der Waals surface area contributed by atoms with Gasteiger partial charge in [0.2, 0.25) is 5.95 Å². The molecule has 138 valence electrons. The molecule has 0 saturated heterocycles. The molecule has 11 heteroatoms. The standard InChI is InChI=1S/C16H13BrN6O2S2/c17-11-2-7-14(20-10-11)22-16(26)21-12-3-5-13(6-4-12)27(24,25)23-15-18-8-1-9-19-15/h1-10H,(H,18,19,23)(H2,20,21,22,26). The fourth-order valence-corrected chi connectivity index (χ4v) is 3.39. The largest absolute Gasteiger partial charge is 0.332 e. The molecule has 0 unspecified atom stereocenters. The van der Waals surface area contributed by atoms with Gasteiger partial charge in [-0.05, 0) is 70.6 Å². The Hall–Kier alpha value is -2.63. The highest BCUT2D eigenvalue weighted by atomic mass is 79.9. The highest BCUT2D eigenvalue weighted by Gasteiger charge is 2.15. The molecule has 27 heavy (non-hydrogen) atoms. The van der Waals surface area contributed by atoms with Gasteiger partial charge in [-0.3, -0.25) is 0 Å². The van der Waals surface area contributed by atoms with Gasteiger partial charge in [-0.1, -0.05) is 0 Å². The first-order valence-corrected chi connectivity index (χ1v) is 10.2. The molecule has 0 radical (unpaired) electrons. The minimum atomic E-state index is -3.78. The fourth-order valence-electron chi connectivity index (χ4n) is 1.98. The molecule has 3 rings (SSSR count). The summed E-state index contributed by atoms with van der Waals surface area (Å²) < 4.78 is 27.9. The summed E-state index contributed by atoms with van der Waals surface area (Å²) in [6, 6.07) is 11.3. The van der Waals surface area contributed by atoms with E-state index < -0.39 is 10.0 Å². The maximum atomic E-state index is 12.3. The van der Waals surface area contributed by atoms with E-state index in [-0.39, 0.29) is 10.8 Å². The van der Waals surface area contributed by atoms with Crippen molar-refractivity contribution in [3.63, 3.8) is 0 Å². The van der Waals surface area contributed by atoms with Crippen molar-refractivity contribution in [2.45, 2.75) is 4.90 Å². The number of aromatic nitrogens is 3. The Labute approximate surface area is 169 Å². The molecule has 3 aromatic rings. The second kappa shape index (κ2) is 8.37. The summed E-state index contributed by atoms with van der Waals surface area (Å²) in [5.41, 5.74) is 0.625. The molecule has 2 heterocycles. The van der Waals surface area contributed by atoms with Gasteiger partial charge in [-0.15, -0.1) is 0 Å². The van der Waals surface area contributed by atoms with Gasteiger partial charge in [0.15, 0.2) is 5.11 Å². The summed E-state index contributed by atoms with van der Waals surface area (Å²) in [4.78, 5) is 11.9. The smallest absolute Gasteiger partial charge is 0.264 e. The van der Waals surface area contributed by atoms with Crippen LogP contribution in [0.5, 0.6) is 0 Å². The third-order valence-electron chi connectivity index (χ3n) is 3.18. The Morgan fingerprint density at radius 2 is 1.67 bits per heavy atom. The van der Waals surface area contributed by atoms with Crippen molar-refractivity contribution in [2.75, 3.05) is 15.4 Å². The van der Waals surface area contributed by atoms with Crippen LogP contribution < -0.4 is 15.4 Å². The molecule has 0 aliphatic carbocycles. The summed E-state index contributed by atoms with van der Waals surface area (Å²) in [5.74, 6) is 0.592. The Kier molecular flexibility index (Phi) is 5.94. The zero-order chi connectivity index (χ0) is 19.3. The third kappa shape index (κ3) is 5.42. The molecule has 3 N–H and O–H groups in total. The van der Waals surface area contributed by atoms with Crippen LogP contribution in [0.1, 0.15) is 0 Å². The lowest BCUT2D eigenvalue weighted by atomic mass is 10.3. The van der Waals surface area contributed by atoms with Gasteiger partial charge >= 0.3 is 0 Å². The van der Waals surface area contributed by atoms with Crippen molar-refractivity contribution < 1.29 is 8.42 Å². The molecular weight excluding hydrogens is 452 g/mol. The summed E-state index contributed by atoms with van der Waals surface area (Å²) in [6.45, 7) is 0. The fraction of sp³-hybridized carbons (Fsp3) is 0. The summed E-state index contributed by atoms with van der Waals surface area (Å²) in [7, 11) is -3.78. The van der Waals surface area contributed by atoms with Gasteiger partial charge in [-0.25, -0.2) is 28.1 Å². The van der Waals surface area contributed by atoms with Crippen LogP contribution in [-0.2, 0) is 10.0 Å². The van der Waals surface area contributed by atoms with Gasteiger partial charge in [0.1, 0.15) is 5.82 Å². The van der Waals surface area contributed by atoms with E-state index in [1.54, 1.807) is 30.5 Å². The molecule has 0 fully saturated rings. The van der Waals surface area contributed by atoms with Crippen molar-refractivity contribution >= 4 is 60.7 Å². The third-order valence-corrected chi connectivity index (χ3v) is 5.20. The van der Waals surface area contributed by atoms with Crippen molar-refractivity contribution in [1.82, 2.24) is 15.0 Å². The highest BCUT2D eigenvalue weighted by Crippen LogP contribution is 2.17. The number of nitrogens with zero attached hydrogens (tertiary/aromatic N) is 3. The molecule has 0 bridgehead atoms. The van der Waals surface area contributed by atoms with E-state index in [1.165, 1.54) is 24.5 Å². The topological polar surface area (TPSA) is 109 Å². The zero-order valence-electron chi connectivity index (χ0n) is 13.6. The Bertz CT molecular complexity index is 1030. The molecule has 0 spiro atoms. The van der Waals surface area contributed by atoms with E-state index in [4.69, 9.17) is 12.2 Å². The number of thiocarbonyl (C=S) groups is 1. The lowest BCUT2D eigenvalue weighted by Crippen LogP contribution is -2.20. The molecule has 0 amide bonds. The number of anilines is 3. The van der Waals surface area contributed by atoms with Crippen LogP contribution in [0.2, 0.25) is 0 Å². The average molecular weight is 465 g/mol. The molecule has 0 atom stereocenters. The van der Waals surface area contributed by atoms with Crippen LogP contribution in [-0.4, -0.2) is 28.5 Å². The minimum absolute atomic E-state index is 0.00655. The summed E-state index contributed by atoms with van der Waals surface area (Å²) in [6.07, 6.45) is 4.55. The number of sulfonamides is 1. The van der Waals surface area contributed by atoms with E-state index in [0.717, 1.165) is 4.47 Å². The minimum Gasteiger partial charge on any atom is -0.332 e. The van der Waals surface area contributed by atoms with Gasteiger partial charge in [0, 0.05) is 28.8 Å². The second-order valence-electron chi connectivity index (χ2n) is 5.14. The zero-order valence-corrected chi connectivity index (χ0v) is 16.8. The second-order valence-corrected chi connectivity index (χ2v) is 8.15. The first-order valence-electron chi connectivity index (χ1n) is 7.52. The first kappa shape index (κ1) is 19.1. The van der Waals surface area contributed by atoms with Crippen LogP contribution in [0, 0.1) is 0 Å². The lowest BCUT2D eigenvalue weighted by molar-refractivity contribution is 0.601. The Morgan fingerprint density at radius 3 is 2.30 bits per heavy atom. The first-order chi connectivity index (χ1) is 12.9. The maximum Gasteiger partial charge on any atom is 0.264 e. The number of pyridine rings is 1. The molecule has 8 nitrogen and oxygen atoms in total. The summed E-state index contributed by atoms with van der Waals surface area (Å²) in [5, 5.41) is 6.23. The molecule has 2 aromatic heterocycles. The van der Waals surface area contributed by atoms with Gasteiger partial charge in [0.05, 0.1) is 4.90 Å². The number of hydrogen-bond donors (Lipinski definition) is 3. The van der Waals surface area contributed by atoms with Crippen LogP contribution in [0.25, 0.3) is 0 Å². The molecule has 1 aromatic carbocycles. The number of rotatable bonds is 5. The van der Waals surface area contributed by atoms with Crippen molar-refractivity contribution in [1.29, 1.82) is 0 Å². The normalized spacial score (nSPS) is 10.9. The number of benzene rings is 1. The predicted octanol–water partition coefficient (Wildman–Crippen LogP) is 3.24. The molecular formula is C16H13BrN6O2S2. The highest BCUT2D eigenvalue weighted by molar-refractivity contribution is 9.10. The average Bonchev–Trinajstić information content (AvgIpc) is 2.64. The van der Waals surface area contributed by atoms with Gasteiger partial charge in [0.25, 0.3) is 10.0 Å². The van der Waals surface area contributed by atoms with E-state index in [0.29, 0.717) is 16.6 Å². The molecule has 0 aliphatic rings. The van der Waals surface area contributed by atoms with E-state index >= 15 is 0 Å². The van der Waals surface area contributed by atoms with E-state index in [2.05, 4.69) is 46.2 Å². The van der Waals surface area contributed by atoms with Crippen LogP contribution in [0.4, 0.5) is 17.5 Å². The molecule has 0 saturated carbocycles. The lowest BCUT2D eigenvalue weighted by Gasteiger charge is -2.11. The van der Waals surface area contributed by atoms with Crippen LogP contribution >= 0.6 is 28.1 Å². The molecule has 0 aliphatic heterocycles. The summed E-state index contributed by atoms with van der Waals surface area (Å²) >= 11 is 8.53. The monoisotopic (exact) mass is 464 g/mol. The Balaban J connectivity index is 1.64. The van der Waals surface area contributed by atoms with Crippen molar-refractivity contribution in [2.24, 2.45) is 0 Å². The van der Waals surface area contributed by atoms with Gasteiger partial charge in [-0.2, -0.15) is 0 Å². The van der Waals surface area contributed by atoms with Crippen LogP contribution in [0.3, 0.4) is 0 Å². The van der Waals surface area contributed by atoms with Crippen molar-refractivity contribution in [3.8, 4) is 0 Å². The van der Waals surface area contributed by atoms with Crippen LogP contribution in [0.15, 0.2) is 70.4 Å². The number of halogens is 1. The number of nitrogens with one attached hydrogen (secondary N) is 3. The SMILES string of the molecule is O=S(=O)(Nc1ncccn1)c1ccc(NC(=S)Nc2ccc(Br)cn2)cc1. The Morgan fingerprint density at radius 1 is 0.963 bits per heavy atom.